The van der Waals surface area contributed by atoms with E-state index in [4.69, 9.17) is 0 Å². The van der Waals surface area contributed by atoms with Gasteiger partial charge in [-0.3, -0.25) is 0 Å². The topological polar surface area (TPSA) is 20.2 Å². The van der Waals surface area contributed by atoms with Crippen LogP contribution in [0.15, 0.2) is 18.2 Å². The van der Waals surface area contributed by atoms with Gasteiger partial charge in [0.05, 0.1) is 0 Å². The van der Waals surface area contributed by atoms with Crippen LogP contribution in [0.2, 0.25) is 0 Å². The van der Waals surface area contributed by atoms with E-state index in [-0.39, 0.29) is 0 Å². The quantitative estimate of drug-likeness (QED) is 0.714. The van der Waals surface area contributed by atoms with E-state index in [9.17, 15) is 5.11 Å². The third-order valence-electron chi connectivity index (χ3n) is 2.82. The fourth-order valence-corrected chi connectivity index (χ4v) is 1.84. The van der Waals surface area contributed by atoms with Crippen molar-refractivity contribution in [3.05, 3.63) is 29.3 Å². The molecule has 0 saturated carbocycles. The molecule has 1 N–H and O–H groups in total. The summed E-state index contributed by atoms with van der Waals surface area (Å²) in [6.45, 7) is 6.43. The van der Waals surface area contributed by atoms with Gasteiger partial charge in [-0.2, -0.15) is 0 Å². The highest BCUT2D eigenvalue weighted by molar-refractivity contribution is 5.42. The lowest BCUT2D eigenvalue weighted by molar-refractivity contribution is 0.456. The first kappa shape index (κ1) is 12.1. The van der Waals surface area contributed by atoms with Crippen molar-refractivity contribution in [2.45, 2.75) is 52.4 Å². The second-order valence-corrected chi connectivity index (χ2v) is 4.47. The summed E-state index contributed by atoms with van der Waals surface area (Å²) in [5.41, 5.74) is 2.18. The molecule has 0 saturated heterocycles. The highest BCUT2D eigenvalue weighted by Gasteiger charge is 2.09. The van der Waals surface area contributed by atoms with Crippen molar-refractivity contribution in [2.24, 2.45) is 0 Å². The maximum Gasteiger partial charge on any atom is 0.122 e. The molecule has 0 aliphatic heterocycles. The van der Waals surface area contributed by atoms with Crippen molar-refractivity contribution in [3.8, 4) is 5.75 Å². The van der Waals surface area contributed by atoms with Gasteiger partial charge >= 0.3 is 0 Å². The minimum atomic E-state index is 0.399. The van der Waals surface area contributed by atoms with Gasteiger partial charge in [0.1, 0.15) is 5.75 Å². The van der Waals surface area contributed by atoms with Gasteiger partial charge in [0, 0.05) is 0 Å². The Morgan fingerprint density at radius 3 is 2.53 bits per heavy atom. The Labute approximate surface area is 93.1 Å². The largest absolute Gasteiger partial charge is 0.507 e. The number of aromatic hydroxyl groups is 1. The predicted molar refractivity (Wildman–Crippen MR) is 65.4 cm³/mol. The zero-order valence-corrected chi connectivity index (χ0v) is 10.1. The van der Waals surface area contributed by atoms with Crippen LogP contribution < -0.4 is 0 Å². The van der Waals surface area contributed by atoms with Gasteiger partial charge in [0.25, 0.3) is 0 Å². The molecule has 0 heterocycles. The molecule has 15 heavy (non-hydrogen) atoms. The summed E-state index contributed by atoms with van der Waals surface area (Å²) in [5.74, 6) is 0.916. The number of hydrogen-bond acceptors (Lipinski definition) is 1. The van der Waals surface area contributed by atoms with Gasteiger partial charge in [0.2, 0.25) is 0 Å². The van der Waals surface area contributed by atoms with Crippen molar-refractivity contribution in [1.82, 2.24) is 0 Å². The smallest absolute Gasteiger partial charge is 0.122 e. The minimum absolute atomic E-state index is 0.399. The van der Waals surface area contributed by atoms with Crippen LogP contribution in [0.4, 0.5) is 0 Å². The Morgan fingerprint density at radius 1 is 1.20 bits per heavy atom. The second kappa shape index (κ2) is 5.79. The Kier molecular flexibility index (Phi) is 4.67. The van der Waals surface area contributed by atoms with Crippen LogP contribution in [0.5, 0.6) is 5.75 Å². The van der Waals surface area contributed by atoms with Crippen molar-refractivity contribution in [2.75, 3.05) is 0 Å². The summed E-state index contributed by atoms with van der Waals surface area (Å²) in [6, 6.07) is 6.11. The van der Waals surface area contributed by atoms with E-state index < -0.39 is 0 Å². The fourth-order valence-electron chi connectivity index (χ4n) is 1.84. The molecule has 0 atom stereocenters. The van der Waals surface area contributed by atoms with E-state index in [1.165, 1.54) is 19.3 Å². The highest BCUT2D eigenvalue weighted by atomic mass is 16.3. The zero-order chi connectivity index (χ0) is 11.3. The number of hydrogen-bond donors (Lipinski definition) is 1. The number of phenolic OH excluding ortho intramolecular Hbond substituents is 1. The molecular formula is C14H22O. The normalized spacial score (nSPS) is 10.9. The van der Waals surface area contributed by atoms with Gasteiger partial charge < -0.3 is 5.11 Å². The highest BCUT2D eigenvalue weighted by Crippen LogP contribution is 2.29. The Hall–Kier alpha value is -0.980. The van der Waals surface area contributed by atoms with Crippen molar-refractivity contribution in [3.63, 3.8) is 0 Å². The van der Waals surface area contributed by atoms with E-state index in [0.29, 0.717) is 11.7 Å². The zero-order valence-electron chi connectivity index (χ0n) is 10.1. The van der Waals surface area contributed by atoms with E-state index in [0.717, 1.165) is 17.5 Å². The number of benzene rings is 1. The number of unbranched alkanes of at least 4 members (excludes halogenated alkanes) is 2. The van der Waals surface area contributed by atoms with Crippen LogP contribution in [0.1, 0.15) is 57.1 Å². The number of phenols is 1. The van der Waals surface area contributed by atoms with Crippen molar-refractivity contribution >= 4 is 0 Å². The van der Waals surface area contributed by atoms with Crippen LogP contribution in [0.25, 0.3) is 0 Å². The average Bonchev–Trinajstić information content (AvgIpc) is 2.20. The third-order valence-corrected chi connectivity index (χ3v) is 2.82. The molecular weight excluding hydrogens is 184 g/mol. The molecule has 1 rings (SSSR count). The molecule has 1 nitrogen and oxygen atoms in total. The number of rotatable bonds is 5. The van der Waals surface area contributed by atoms with Gasteiger partial charge in [-0.05, 0) is 29.9 Å². The van der Waals surface area contributed by atoms with E-state index in [2.05, 4.69) is 26.8 Å². The molecule has 84 valence electrons. The van der Waals surface area contributed by atoms with E-state index >= 15 is 0 Å². The van der Waals surface area contributed by atoms with Crippen LogP contribution in [-0.2, 0) is 6.42 Å². The molecule has 1 aromatic rings. The molecule has 0 bridgehead atoms. The van der Waals surface area contributed by atoms with Gasteiger partial charge in [-0.15, -0.1) is 0 Å². The maximum absolute atomic E-state index is 10.1. The average molecular weight is 206 g/mol. The van der Waals surface area contributed by atoms with Gasteiger partial charge in [0.15, 0.2) is 0 Å². The first-order valence-electron chi connectivity index (χ1n) is 5.97. The summed E-state index contributed by atoms with van der Waals surface area (Å²) in [4.78, 5) is 0. The lowest BCUT2D eigenvalue weighted by Crippen LogP contribution is -1.93. The Balaban J connectivity index is 2.75. The van der Waals surface area contributed by atoms with Crippen molar-refractivity contribution < 1.29 is 5.11 Å². The van der Waals surface area contributed by atoms with E-state index in [1.54, 1.807) is 0 Å². The molecule has 1 heteroatoms. The van der Waals surface area contributed by atoms with E-state index in [1.807, 2.05) is 12.1 Å². The van der Waals surface area contributed by atoms with Gasteiger partial charge in [-0.1, -0.05) is 51.8 Å². The Bertz CT molecular complexity index is 302. The summed E-state index contributed by atoms with van der Waals surface area (Å²) >= 11 is 0. The minimum Gasteiger partial charge on any atom is -0.507 e. The lowest BCUT2D eigenvalue weighted by Gasteiger charge is -2.12. The Morgan fingerprint density at radius 2 is 1.93 bits per heavy atom. The molecule has 0 spiro atoms. The molecule has 0 radical (unpaired) electrons. The molecule has 0 unspecified atom stereocenters. The third kappa shape index (κ3) is 3.26. The summed E-state index contributed by atoms with van der Waals surface area (Å²) in [6.07, 6.45) is 4.64. The molecule has 0 aliphatic carbocycles. The van der Waals surface area contributed by atoms with Crippen LogP contribution in [-0.4, -0.2) is 5.11 Å². The number of para-hydroxylation sites is 1. The fraction of sp³-hybridized carbons (Fsp3) is 0.571. The summed E-state index contributed by atoms with van der Waals surface area (Å²) in [5, 5.41) is 10.1. The van der Waals surface area contributed by atoms with Crippen LogP contribution in [0.3, 0.4) is 0 Å². The van der Waals surface area contributed by atoms with Crippen LogP contribution in [0, 0.1) is 0 Å². The predicted octanol–water partition coefficient (Wildman–Crippen LogP) is 4.25. The molecule has 0 amide bonds. The number of aryl methyl sites for hydroxylation is 1. The molecule has 0 aromatic heterocycles. The molecule has 0 fully saturated rings. The van der Waals surface area contributed by atoms with Crippen LogP contribution >= 0.6 is 0 Å². The van der Waals surface area contributed by atoms with Crippen molar-refractivity contribution in [1.29, 1.82) is 0 Å². The summed E-state index contributed by atoms with van der Waals surface area (Å²) < 4.78 is 0. The first-order valence-corrected chi connectivity index (χ1v) is 5.97. The monoisotopic (exact) mass is 206 g/mol. The second-order valence-electron chi connectivity index (χ2n) is 4.47. The van der Waals surface area contributed by atoms with Gasteiger partial charge in [-0.25, -0.2) is 0 Å². The standard InChI is InChI=1S/C14H22O/c1-4-5-6-8-12-9-7-10-13(11(2)3)14(12)15/h7,9-11,15H,4-6,8H2,1-3H3. The first-order chi connectivity index (χ1) is 7.16. The molecule has 1 aromatic carbocycles. The summed E-state index contributed by atoms with van der Waals surface area (Å²) in [7, 11) is 0. The SMILES string of the molecule is CCCCCc1cccc(C(C)C)c1O. The lowest BCUT2D eigenvalue weighted by atomic mass is 9.97. The maximum atomic E-state index is 10.1. The molecule has 0 aliphatic rings.